The maximum atomic E-state index is 5.40. The molecule has 1 rings (SSSR count). The number of hydrogen-bond donors (Lipinski definition) is 2. The first-order valence-electron chi connectivity index (χ1n) is 5.25. The van der Waals surface area contributed by atoms with E-state index in [1.54, 1.807) is 12.4 Å². The van der Waals surface area contributed by atoms with Crippen molar-refractivity contribution in [2.24, 2.45) is 5.73 Å². The molecule has 1 aromatic heterocycles. The lowest BCUT2D eigenvalue weighted by Crippen LogP contribution is -2.07. The number of aromatic nitrogens is 2. The normalized spacial score (nSPS) is 10.0. The van der Waals surface area contributed by atoms with E-state index in [1.165, 1.54) is 0 Å². The number of ether oxygens (including phenoxy) is 1. The highest BCUT2D eigenvalue weighted by molar-refractivity contribution is 5.32. The first-order chi connectivity index (χ1) is 7.36. The van der Waals surface area contributed by atoms with Gasteiger partial charge in [0.15, 0.2) is 0 Å². The molecule has 0 unspecified atom stereocenters. The van der Waals surface area contributed by atoms with Gasteiger partial charge in [-0.25, -0.2) is 0 Å². The molecule has 5 nitrogen and oxygen atoms in total. The van der Waals surface area contributed by atoms with Crippen LogP contribution in [0, 0.1) is 0 Å². The summed E-state index contributed by atoms with van der Waals surface area (Å²) in [4.78, 5) is 8.26. The summed E-state index contributed by atoms with van der Waals surface area (Å²) in [5.41, 5.74) is 5.40. The van der Waals surface area contributed by atoms with E-state index in [0.717, 1.165) is 31.7 Å². The van der Waals surface area contributed by atoms with Crippen molar-refractivity contribution in [3.63, 3.8) is 0 Å². The van der Waals surface area contributed by atoms with Crippen LogP contribution in [0.1, 0.15) is 19.8 Å². The standard InChI is InChI=1S/C10H18N4O/c1-2-15-10-8-12-7-9(14-10)13-6-4-3-5-11/h7-8H,2-6,11H2,1H3,(H,13,14). The molecule has 5 heteroatoms. The minimum atomic E-state index is 0.557. The Hall–Kier alpha value is -1.36. The fourth-order valence-electron chi connectivity index (χ4n) is 1.14. The third-order valence-corrected chi connectivity index (χ3v) is 1.84. The topological polar surface area (TPSA) is 73.1 Å². The molecule has 0 atom stereocenters. The fourth-order valence-corrected chi connectivity index (χ4v) is 1.14. The zero-order valence-corrected chi connectivity index (χ0v) is 9.07. The largest absolute Gasteiger partial charge is 0.477 e. The Morgan fingerprint density at radius 1 is 1.40 bits per heavy atom. The molecular formula is C10H18N4O. The second-order valence-corrected chi connectivity index (χ2v) is 3.10. The van der Waals surface area contributed by atoms with E-state index in [0.29, 0.717) is 12.5 Å². The molecule has 0 aromatic carbocycles. The van der Waals surface area contributed by atoms with Crippen LogP contribution in [0.2, 0.25) is 0 Å². The molecule has 15 heavy (non-hydrogen) atoms. The predicted octanol–water partition coefficient (Wildman–Crippen LogP) is 1.03. The van der Waals surface area contributed by atoms with Gasteiger partial charge in [0.25, 0.3) is 0 Å². The molecular weight excluding hydrogens is 192 g/mol. The Morgan fingerprint density at radius 2 is 2.27 bits per heavy atom. The van der Waals surface area contributed by atoms with Crippen LogP contribution in [-0.2, 0) is 0 Å². The van der Waals surface area contributed by atoms with Crippen LogP contribution in [0.3, 0.4) is 0 Å². The van der Waals surface area contributed by atoms with Gasteiger partial charge in [0.05, 0.1) is 19.0 Å². The Labute approximate surface area is 90.1 Å². The van der Waals surface area contributed by atoms with Crippen LogP contribution >= 0.6 is 0 Å². The van der Waals surface area contributed by atoms with Gasteiger partial charge < -0.3 is 15.8 Å². The number of anilines is 1. The van der Waals surface area contributed by atoms with E-state index >= 15 is 0 Å². The van der Waals surface area contributed by atoms with Gasteiger partial charge in [-0.15, -0.1) is 0 Å². The van der Waals surface area contributed by atoms with Gasteiger partial charge in [-0.05, 0) is 26.3 Å². The summed E-state index contributed by atoms with van der Waals surface area (Å²) in [7, 11) is 0. The number of unbranched alkanes of at least 4 members (excludes halogenated alkanes) is 1. The van der Waals surface area contributed by atoms with Crippen molar-refractivity contribution >= 4 is 5.82 Å². The summed E-state index contributed by atoms with van der Waals surface area (Å²) < 4.78 is 5.24. The van der Waals surface area contributed by atoms with Gasteiger partial charge in [0.2, 0.25) is 5.88 Å². The molecule has 0 fully saturated rings. The van der Waals surface area contributed by atoms with Crippen molar-refractivity contribution in [1.29, 1.82) is 0 Å². The van der Waals surface area contributed by atoms with Crippen molar-refractivity contribution < 1.29 is 4.74 Å². The number of nitrogens with two attached hydrogens (primary N) is 1. The molecule has 0 bridgehead atoms. The monoisotopic (exact) mass is 210 g/mol. The summed E-state index contributed by atoms with van der Waals surface area (Å²) >= 11 is 0. The quantitative estimate of drug-likeness (QED) is 0.657. The second kappa shape index (κ2) is 7.00. The van der Waals surface area contributed by atoms with Gasteiger partial charge in [-0.3, -0.25) is 4.98 Å². The average molecular weight is 210 g/mol. The van der Waals surface area contributed by atoms with Gasteiger partial charge in [-0.1, -0.05) is 0 Å². The van der Waals surface area contributed by atoms with Crippen molar-refractivity contribution in [3.05, 3.63) is 12.4 Å². The van der Waals surface area contributed by atoms with Crippen LogP contribution in [0.5, 0.6) is 5.88 Å². The fraction of sp³-hybridized carbons (Fsp3) is 0.600. The first-order valence-corrected chi connectivity index (χ1v) is 5.25. The number of hydrogen-bond acceptors (Lipinski definition) is 5. The lowest BCUT2D eigenvalue weighted by Gasteiger charge is -2.06. The van der Waals surface area contributed by atoms with E-state index < -0.39 is 0 Å². The summed E-state index contributed by atoms with van der Waals surface area (Å²) in [6.45, 7) is 4.11. The molecule has 84 valence electrons. The highest BCUT2D eigenvalue weighted by Gasteiger charge is 1.97. The SMILES string of the molecule is CCOc1cncc(NCCCCN)n1. The molecule has 0 spiro atoms. The van der Waals surface area contributed by atoms with Gasteiger partial charge in [0, 0.05) is 6.54 Å². The molecule has 0 saturated carbocycles. The first kappa shape index (κ1) is 11.7. The molecule has 0 amide bonds. The smallest absolute Gasteiger partial charge is 0.234 e. The number of nitrogens with zero attached hydrogens (tertiary/aromatic N) is 2. The third-order valence-electron chi connectivity index (χ3n) is 1.84. The zero-order chi connectivity index (χ0) is 10.9. The van der Waals surface area contributed by atoms with Crippen molar-refractivity contribution in [3.8, 4) is 5.88 Å². The molecule has 0 aliphatic carbocycles. The maximum Gasteiger partial charge on any atom is 0.234 e. The van der Waals surface area contributed by atoms with E-state index in [2.05, 4.69) is 15.3 Å². The van der Waals surface area contributed by atoms with Crippen molar-refractivity contribution in [1.82, 2.24) is 9.97 Å². The minimum absolute atomic E-state index is 0.557. The van der Waals surface area contributed by atoms with Gasteiger partial charge in [-0.2, -0.15) is 4.98 Å². The van der Waals surface area contributed by atoms with Crippen LogP contribution in [-0.4, -0.2) is 29.7 Å². The Balaban J connectivity index is 2.36. The average Bonchev–Trinajstić information content (AvgIpc) is 2.26. The minimum Gasteiger partial charge on any atom is -0.477 e. The van der Waals surface area contributed by atoms with Gasteiger partial charge in [0.1, 0.15) is 5.82 Å². The number of rotatable bonds is 7. The lowest BCUT2D eigenvalue weighted by atomic mass is 10.3. The summed E-state index contributed by atoms with van der Waals surface area (Å²) in [5.74, 6) is 1.30. The van der Waals surface area contributed by atoms with Crippen LogP contribution in [0.25, 0.3) is 0 Å². The molecule has 3 N–H and O–H groups in total. The zero-order valence-electron chi connectivity index (χ0n) is 9.07. The van der Waals surface area contributed by atoms with E-state index in [9.17, 15) is 0 Å². The molecule has 1 heterocycles. The molecule has 0 aliphatic rings. The highest BCUT2D eigenvalue weighted by atomic mass is 16.5. The maximum absolute atomic E-state index is 5.40. The van der Waals surface area contributed by atoms with Gasteiger partial charge >= 0.3 is 0 Å². The van der Waals surface area contributed by atoms with Crippen LogP contribution in [0.15, 0.2) is 12.4 Å². The summed E-state index contributed by atoms with van der Waals surface area (Å²) in [6.07, 6.45) is 5.35. The molecule has 0 aliphatic heterocycles. The van der Waals surface area contributed by atoms with Crippen molar-refractivity contribution in [2.75, 3.05) is 25.0 Å². The van der Waals surface area contributed by atoms with E-state index in [1.807, 2.05) is 6.92 Å². The Kier molecular flexibility index (Phi) is 5.47. The summed E-state index contributed by atoms with van der Waals surface area (Å²) in [5, 5.41) is 3.17. The van der Waals surface area contributed by atoms with E-state index in [4.69, 9.17) is 10.5 Å². The molecule has 0 radical (unpaired) electrons. The second-order valence-electron chi connectivity index (χ2n) is 3.10. The molecule has 0 saturated heterocycles. The number of nitrogens with one attached hydrogen (secondary N) is 1. The van der Waals surface area contributed by atoms with Crippen LogP contribution in [0.4, 0.5) is 5.82 Å². The predicted molar refractivity (Wildman–Crippen MR) is 60.0 cm³/mol. The molecule has 1 aromatic rings. The Bertz CT molecular complexity index is 280. The van der Waals surface area contributed by atoms with E-state index in [-0.39, 0.29) is 0 Å². The third kappa shape index (κ3) is 4.60. The lowest BCUT2D eigenvalue weighted by molar-refractivity contribution is 0.325. The van der Waals surface area contributed by atoms with Crippen molar-refractivity contribution in [2.45, 2.75) is 19.8 Å². The van der Waals surface area contributed by atoms with Crippen LogP contribution < -0.4 is 15.8 Å². The highest BCUT2D eigenvalue weighted by Crippen LogP contribution is 2.08. The summed E-state index contributed by atoms with van der Waals surface area (Å²) in [6, 6.07) is 0. The Morgan fingerprint density at radius 3 is 3.00 bits per heavy atom.